The van der Waals surface area contributed by atoms with Gasteiger partial charge in [-0.05, 0) is 28.8 Å². The Morgan fingerprint density at radius 2 is 1.81 bits per heavy atom. The highest BCUT2D eigenvalue weighted by molar-refractivity contribution is 7.90. The van der Waals surface area contributed by atoms with Gasteiger partial charge in [0, 0.05) is 23.6 Å². The summed E-state index contributed by atoms with van der Waals surface area (Å²) in [5, 5.41) is 3.79. The summed E-state index contributed by atoms with van der Waals surface area (Å²) in [6.45, 7) is 0. The molecule has 3 heterocycles. The van der Waals surface area contributed by atoms with Gasteiger partial charge < -0.3 is 10.3 Å². The summed E-state index contributed by atoms with van der Waals surface area (Å²) >= 11 is 0. The van der Waals surface area contributed by atoms with E-state index in [2.05, 4.69) is 15.3 Å². The second-order valence-corrected chi connectivity index (χ2v) is 9.37. The number of aromatic nitrogens is 2. The predicted octanol–water partition coefficient (Wildman–Crippen LogP) is 4.31. The van der Waals surface area contributed by atoms with Crippen LogP contribution in [0.1, 0.15) is 23.1 Å². The third-order valence-corrected chi connectivity index (χ3v) is 7.12. The van der Waals surface area contributed by atoms with Gasteiger partial charge in [0.15, 0.2) is 9.84 Å². The van der Waals surface area contributed by atoms with Crippen molar-refractivity contribution in [3.05, 3.63) is 96.0 Å². The van der Waals surface area contributed by atoms with Crippen molar-refractivity contribution < 1.29 is 13.2 Å². The number of hydrogen-bond donors (Lipinski definition) is 2. The molecule has 1 aliphatic rings. The lowest BCUT2D eigenvalue weighted by atomic mass is 9.93. The predicted molar refractivity (Wildman–Crippen MR) is 120 cm³/mol. The monoisotopic (exact) mass is 429 g/mol. The van der Waals surface area contributed by atoms with Crippen LogP contribution in [0.4, 0.5) is 5.69 Å². The number of carbonyl (C=O) groups excluding carboxylic acids is 1. The molecule has 0 atom stereocenters. The van der Waals surface area contributed by atoms with Crippen molar-refractivity contribution in [2.75, 3.05) is 5.32 Å². The van der Waals surface area contributed by atoms with E-state index in [1.807, 2.05) is 36.4 Å². The summed E-state index contributed by atoms with van der Waals surface area (Å²) < 4.78 is 25.9. The summed E-state index contributed by atoms with van der Waals surface area (Å²) in [4.78, 5) is 20.3. The van der Waals surface area contributed by atoms with Crippen molar-refractivity contribution in [2.45, 2.75) is 17.1 Å². The highest BCUT2D eigenvalue weighted by Gasteiger charge is 2.27. The van der Waals surface area contributed by atoms with Crippen molar-refractivity contribution in [1.82, 2.24) is 9.97 Å². The SMILES string of the molecule is O=C(C/C=C1\c2ccccc2CS(=O)(=O)c2ccccc21)Nc1cncc2[nH]ccc12. The number of carbonyl (C=O) groups is 1. The minimum Gasteiger partial charge on any atom is -0.360 e. The molecule has 0 unspecified atom stereocenters. The molecule has 0 aliphatic carbocycles. The molecule has 31 heavy (non-hydrogen) atoms. The Balaban J connectivity index is 1.53. The van der Waals surface area contributed by atoms with Crippen molar-refractivity contribution in [3.63, 3.8) is 0 Å². The Kier molecular flexibility index (Phi) is 4.67. The van der Waals surface area contributed by atoms with E-state index >= 15 is 0 Å². The van der Waals surface area contributed by atoms with Crippen LogP contribution in [0.3, 0.4) is 0 Å². The van der Waals surface area contributed by atoms with Gasteiger partial charge in [0.1, 0.15) is 0 Å². The Labute approximate surface area is 179 Å². The highest BCUT2D eigenvalue weighted by atomic mass is 32.2. The Morgan fingerprint density at radius 1 is 1.03 bits per heavy atom. The number of sulfone groups is 1. The first-order chi connectivity index (χ1) is 15.0. The molecule has 0 saturated heterocycles. The lowest BCUT2D eigenvalue weighted by Gasteiger charge is -2.11. The second-order valence-electron chi connectivity index (χ2n) is 7.41. The van der Waals surface area contributed by atoms with E-state index in [1.165, 1.54) is 0 Å². The Bertz CT molecular complexity index is 1450. The quantitative estimate of drug-likeness (QED) is 0.508. The number of pyridine rings is 1. The van der Waals surface area contributed by atoms with Crippen molar-refractivity contribution in [3.8, 4) is 0 Å². The Hall–Kier alpha value is -3.71. The maximum Gasteiger partial charge on any atom is 0.228 e. The number of anilines is 1. The molecule has 0 spiro atoms. The van der Waals surface area contributed by atoms with E-state index < -0.39 is 9.84 Å². The number of H-pyrrole nitrogens is 1. The zero-order chi connectivity index (χ0) is 21.4. The molecule has 1 amide bonds. The summed E-state index contributed by atoms with van der Waals surface area (Å²) in [7, 11) is -3.48. The topological polar surface area (TPSA) is 91.9 Å². The lowest BCUT2D eigenvalue weighted by molar-refractivity contribution is -0.115. The van der Waals surface area contributed by atoms with Gasteiger partial charge in [0.25, 0.3) is 0 Å². The first kappa shape index (κ1) is 19.3. The maximum atomic E-state index is 13.0. The molecule has 0 bridgehead atoms. The fraction of sp³-hybridized carbons (Fsp3) is 0.0833. The average molecular weight is 430 g/mol. The number of fused-ring (bicyclic) bond motifs is 3. The minimum absolute atomic E-state index is 0.0646. The van der Waals surface area contributed by atoms with Crippen molar-refractivity contribution in [2.24, 2.45) is 0 Å². The summed E-state index contributed by atoms with van der Waals surface area (Å²) in [5.41, 5.74) is 4.40. The van der Waals surface area contributed by atoms with Gasteiger partial charge >= 0.3 is 0 Å². The van der Waals surface area contributed by atoms with Gasteiger partial charge in [-0.3, -0.25) is 9.78 Å². The molecule has 6 nitrogen and oxygen atoms in total. The number of amides is 1. The number of hydrogen-bond acceptors (Lipinski definition) is 4. The molecule has 0 fully saturated rings. The molecular weight excluding hydrogens is 410 g/mol. The first-order valence-corrected chi connectivity index (χ1v) is 11.5. The van der Waals surface area contributed by atoms with Crippen LogP contribution in [-0.4, -0.2) is 24.3 Å². The molecule has 7 heteroatoms. The molecule has 0 saturated carbocycles. The molecule has 2 aromatic carbocycles. The normalized spacial score (nSPS) is 15.8. The molecule has 4 aromatic rings. The van der Waals surface area contributed by atoms with Crippen LogP contribution in [0, 0.1) is 0 Å². The molecule has 2 aromatic heterocycles. The summed E-state index contributed by atoms with van der Waals surface area (Å²) in [6.07, 6.45) is 7.01. The van der Waals surface area contributed by atoms with Gasteiger partial charge in [-0.1, -0.05) is 48.5 Å². The average Bonchev–Trinajstić information content (AvgIpc) is 3.22. The second kappa shape index (κ2) is 7.52. The van der Waals surface area contributed by atoms with Gasteiger partial charge in [-0.2, -0.15) is 0 Å². The lowest BCUT2D eigenvalue weighted by Crippen LogP contribution is -2.11. The fourth-order valence-electron chi connectivity index (χ4n) is 3.99. The molecule has 2 N–H and O–H groups in total. The van der Waals surface area contributed by atoms with Gasteiger partial charge in [-0.15, -0.1) is 0 Å². The van der Waals surface area contributed by atoms with Crippen molar-refractivity contribution >= 4 is 37.9 Å². The molecule has 1 aliphatic heterocycles. The van der Waals surface area contributed by atoms with Crippen LogP contribution < -0.4 is 5.32 Å². The van der Waals surface area contributed by atoms with E-state index in [9.17, 15) is 13.2 Å². The molecule has 5 rings (SSSR count). The summed E-state index contributed by atoms with van der Waals surface area (Å²) in [5.74, 6) is -0.268. The van der Waals surface area contributed by atoms with Gasteiger partial charge in [0.2, 0.25) is 5.91 Å². The zero-order valence-electron chi connectivity index (χ0n) is 16.5. The van der Waals surface area contributed by atoms with Crippen LogP contribution in [0.2, 0.25) is 0 Å². The number of nitrogens with zero attached hydrogens (tertiary/aromatic N) is 1. The standard InChI is InChI=1S/C24H19N3O3S/c28-24(27-22-14-25-13-21-20(22)11-12-26-21)10-9-18-17-6-2-1-5-16(17)15-31(29,30)23-8-4-3-7-19(18)23/h1-9,11-14,26H,10,15H2,(H,27,28)/b18-9+. The van der Waals surface area contributed by atoms with Gasteiger partial charge in [-0.25, -0.2) is 8.42 Å². The van der Waals surface area contributed by atoms with E-state index in [0.717, 1.165) is 27.6 Å². The Morgan fingerprint density at radius 3 is 2.68 bits per heavy atom. The number of benzene rings is 2. The van der Waals surface area contributed by atoms with Crippen LogP contribution in [0.15, 0.2) is 84.2 Å². The van der Waals surface area contributed by atoms with E-state index in [1.54, 1.807) is 42.9 Å². The third-order valence-electron chi connectivity index (χ3n) is 5.41. The molecule has 154 valence electrons. The van der Waals surface area contributed by atoms with E-state index in [4.69, 9.17) is 0 Å². The van der Waals surface area contributed by atoms with Crippen LogP contribution in [-0.2, 0) is 20.4 Å². The zero-order valence-corrected chi connectivity index (χ0v) is 17.3. The smallest absolute Gasteiger partial charge is 0.228 e. The number of aromatic amines is 1. The number of nitrogens with one attached hydrogen (secondary N) is 2. The molecule has 0 radical (unpaired) electrons. The summed E-state index contributed by atoms with van der Waals surface area (Å²) in [6, 6.07) is 16.3. The highest BCUT2D eigenvalue weighted by Crippen LogP contribution is 2.37. The largest absolute Gasteiger partial charge is 0.360 e. The maximum absolute atomic E-state index is 13.0. The third kappa shape index (κ3) is 3.53. The van der Waals surface area contributed by atoms with Crippen LogP contribution in [0.5, 0.6) is 0 Å². The van der Waals surface area contributed by atoms with Crippen LogP contribution in [0.25, 0.3) is 16.5 Å². The fourth-order valence-corrected chi connectivity index (χ4v) is 5.61. The molecular formula is C24H19N3O3S. The number of rotatable bonds is 3. The van der Waals surface area contributed by atoms with E-state index in [0.29, 0.717) is 16.1 Å². The first-order valence-electron chi connectivity index (χ1n) is 9.84. The van der Waals surface area contributed by atoms with Gasteiger partial charge in [0.05, 0.1) is 34.2 Å². The van der Waals surface area contributed by atoms with Crippen LogP contribution >= 0.6 is 0 Å². The van der Waals surface area contributed by atoms with E-state index in [-0.39, 0.29) is 18.1 Å². The minimum atomic E-state index is -3.48. The van der Waals surface area contributed by atoms with Crippen molar-refractivity contribution in [1.29, 1.82) is 0 Å².